The number of aliphatic hydroxyl groups excluding tert-OH is 1. The lowest BCUT2D eigenvalue weighted by atomic mass is 9.92. The maximum atomic E-state index is 11.9. The lowest BCUT2D eigenvalue weighted by molar-refractivity contribution is 0.0425. The largest absolute Gasteiger partial charge is 0.389 e. The Morgan fingerprint density at radius 3 is 2.08 bits per heavy atom. The predicted molar refractivity (Wildman–Crippen MR) is 82.0 cm³/mol. The van der Waals surface area contributed by atoms with Crippen LogP contribution >= 0.6 is 0 Å². The average Bonchev–Trinajstić information content (AvgIpc) is 3.03. The first-order valence-electron chi connectivity index (χ1n) is 7.40. The number of rotatable bonds is 2. The number of hydrogen-bond donors (Lipinski definition) is 1. The summed E-state index contributed by atoms with van der Waals surface area (Å²) in [5.74, 6) is -3.04. The lowest BCUT2D eigenvalue weighted by Gasteiger charge is -2.11. The van der Waals surface area contributed by atoms with E-state index in [1.807, 2.05) is 0 Å². The van der Waals surface area contributed by atoms with Gasteiger partial charge >= 0.3 is 23.9 Å². The van der Waals surface area contributed by atoms with Gasteiger partial charge in [0.1, 0.15) is 0 Å². The zero-order valence-electron chi connectivity index (χ0n) is 12.9. The van der Waals surface area contributed by atoms with Gasteiger partial charge in [0.2, 0.25) is 0 Å². The van der Waals surface area contributed by atoms with Crippen LogP contribution in [0.15, 0.2) is 30.3 Å². The van der Waals surface area contributed by atoms with Gasteiger partial charge in [-0.3, -0.25) is 0 Å². The minimum Gasteiger partial charge on any atom is -0.389 e. The van der Waals surface area contributed by atoms with Crippen LogP contribution in [0.1, 0.15) is 60.0 Å². The number of fused-ring (bicyclic) bond motifs is 2. The molecule has 2 aromatic rings. The summed E-state index contributed by atoms with van der Waals surface area (Å²) in [4.78, 5) is 46.9. The van der Waals surface area contributed by atoms with Crippen LogP contribution in [0.25, 0.3) is 11.1 Å². The molecule has 2 aromatic carbocycles. The number of cyclic esters (lactones) is 4. The first-order valence-corrected chi connectivity index (χ1v) is 7.40. The summed E-state index contributed by atoms with van der Waals surface area (Å²) >= 11 is 0. The van der Waals surface area contributed by atoms with Crippen molar-refractivity contribution in [3.8, 4) is 11.1 Å². The predicted octanol–water partition coefficient (Wildman–Crippen LogP) is 2.03. The Morgan fingerprint density at radius 2 is 1.36 bits per heavy atom. The highest BCUT2D eigenvalue weighted by molar-refractivity contribution is 6.17. The van der Waals surface area contributed by atoms with Crippen molar-refractivity contribution in [3.05, 3.63) is 58.1 Å². The topological polar surface area (TPSA) is 107 Å². The molecule has 0 fully saturated rings. The quantitative estimate of drug-likeness (QED) is 0.659. The van der Waals surface area contributed by atoms with Crippen molar-refractivity contribution in [2.24, 2.45) is 0 Å². The number of benzene rings is 2. The third kappa shape index (κ3) is 2.17. The number of esters is 4. The molecular weight excluding hydrogens is 328 g/mol. The summed E-state index contributed by atoms with van der Waals surface area (Å²) in [5.41, 5.74) is 1.67. The van der Waals surface area contributed by atoms with E-state index in [4.69, 9.17) is 0 Å². The standard InChI is InChI=1S/C18H10O7/c1-7(19)11-5-9(6-13-14(11)18(23)25-17(13)22)8-2-3-10-12(4-8)16(21)24-15(10)20/h2-7,19H,1H3. The molecule has 0 saturated heterocycles. The van der Waals surface area contributed by atoms with E-state index in [0.717, 1.165) is 0 Å². The fourth-order valence-corrected chi connectivity index (χ4v) is 3.00. The second kappa shape index (κ2) is 5.09. The van der Waals surface area contributed by atoms with Crippen LogP contribution in [-0.4, -0.2) is 29.0 Å². The van der Waals surface area contributed by atoms with Gasteiger partial charge in [-0.1, -0.05) is 6.07 Å². The molecule has 0 aliphatic carbocycles. The van der Waals surface area contributed by atoms with E-state index in [2.05, 4.69) is 9.47 Å². The van der Waals surface area contributed by atoms with E-state index < -0.39 is 30.0 Å². The van der Waals surface area contributed by atoms with Crippen molar-refractivity contribution in [3.63, 3.8) is 0 Å². The van der Waals surface area contributed by atoms with Gasteiger partial charge < -0.3 is 14.6 Å². The number of ether oxygens (including phenoxy) is 2. The van der Waals surface area contributed by atoms with Gasteiger partial charge in [0, 0.05) is 0 Å². The Bertz CT molecular complexity index is 1000. The Labute approximate surface area is 140 Å². The van der Waals surface area contributed by atoms with Gasteiger partial charge in [0.25, 0.3) is 0 Å². The molecule has 1 N–H and O–H groups in total. The highest BCUT2D eigenvalue weighted by atomic mass is 16.6. The summed E-state index contributed by atoms with van der Waals surface area (Å²) < 4.78 is 9.16. The maximum absolute atomic E-state index is 11.9. The van der Waals surface area contributed by atoms with Crippen LogP contribution in [-0.2, 0) is 9.47 Å². The van der Waals surface area contributed by atoms with Gasteiger partial charge in [-0.25, -0.2) is 19.2 Å². The van der Waals surface area contributed by atoms with Gasteiger partial charge in [-0.15, -0.1) is 0 Å². The molecule has 0 aromatic heterocycles. The highest BCUT2D eigenvalue weighted by Crippen LogP contribution is 2.34. The third-order valence-electron chi connectivity index (χ3n) is 4.21. The Morgan fingerprint density at radius 1 is 0.760 bits per heavy atom. The molecule has 25 heavy (non-hydrogen) atoms. The molecule has 124 valence electrons. The Kier molecular flexibility index (Phi) is 3.10. The van der Waals surface area contributed by atoms with E-state index in [-0.39, 0.29) is 27.8 Å². The smallest absolute Gasteiger partial charge is 0.347 e. The first-order chi connectivity index (χ1) is 11.9. The van der Waals surface area contributed by atoms with E-state index in [0.29, 0.717) is 11.1 Å². The van der Waals surface area contributed by atoms with Crippen LogP contribution in [0.2, 0.25) is 0 Å². The van der Waals surface area contributed by atoms with Crippen LogP contribution in [0.5, 0.6) is 0 Å². The van der Waals surface area contributed by atoms with Crippen LogP contribution in [0.3, 0.4) is 0 Å². The summed E-state index contributed by atoms with van der Waals surface area (Å²) in [5, 5.41) is 9.96. The van der Waals surface area contributed by atoms with Crippen molar-refractivity contribution < 1.29 is 33.8 Å². The molecule has 0 saturated carbocycles. The van der Waals surface area contributed by atoms with Crippen LogP contribution in [0.4, 0.5) is 0 Å². The van der Waals surface area contributed by atoms with Crippen LogP contribution in [0, 0.1) is 0 Å². The third-order valence-corrected chi connectivity index (χ3v) is 4.21. The summed E-state index contributed by atoms with van der Waals surface area (Å²) in [6.45, 7) is 1.47. The molecule has 7 nitrogen and oxygen atoms in total. The van der Waals surface area contributed by atoms with E-state index in [1.165, 1.54) is 25.1 Å². The van der Waals surface area contributed by atoms with Crippen molar-refractivity contribution in [1.29, 1.82) is 0 Å². The first kappa shape index (κ1) is 15.2. The molecule has 1 unspecified atom stereocenters. The van der Waals surface area contributed by atoms with E-state index >= 15 is 0 Å². The molecule has 0 bridgehead atoms. The second-order valence-corrected chi connectivity index (χ2v) is 5.78. The SMILES string of the molecule is CC(O)c1cc(-c2ccc3c(c2)C(=O)OC3=O)cc2c1C(=O)OC2=O. The molecule has 0 radical (unpaired) electrons. The maximum Gasteiger partial charge on any atom is 0.347 e. The lowest BCUT2D eigenvalue weighted by Crippen LogP contribution is -2.04. The van der Waals surface area contributed by atoms with Crippen molar-refractivity contribution in [2.45, 2.75) is 13.0 Å². The molecule has 7 heteroatoms. The molecule has 2 aliphatic heterocycles. The minimum atomic E-state index is -1.01. The summed E-state index contributed by atoms with van der Waals surface area (Å²) in [6.07, 6.45) is -1.01. The van der Waals surface area contributed by atoms with E-state index in [1.54, 1.807) is 12.1 Å². The highest BCUT2D eigenvalue weighted by Gasteiger charge is 2.35. The molecule has 1 atom stereocenters. The molecule has 0 amide bonds. The number of carbonyl (C=O) groups excluding carboxylic acids is 4. The van der Waals surface area contributed by atoms with Crippen LogP contribution < -0.4 is 0 Å². The Hall–Kier alpha value is -3.32. The molecule has 0 spiro atoms. The average molecular weight is 338 g/mol. The zero-order valence-corrected chi connectivity index (χ0v) is 12.9. The summed E-state index contributed by atoms with van der Waals surface area (Å²) in [7, 11) is 0. The zero-order chi connectivity index (χ0) is 17.9. The number of hydrogen-bond acceptors (Lipinski definition) is 7. The molecular formula is C18H10O7. The van der Waals surface area contributed by atoms with Crippen molar-refractivity contribution in [1.82, 2.24) is 0 Å². The van der Waals surface area contributed by atoms with Gasteiger partial charge in [-0.05, 0) is 47.9 Å². The second-order valence-electron chi connectivity index (χ2n) is 5.78. The van der Waals surface area contributed by atoms with Gasteiger partial charge in [0.05, 0.1) is 28.4 Å². The monoisotopic (exact) mass is 338 g/mol. The van der Waals surface area contributed by atoms with Gasteiger partial charge in [0.15, 0.2) is 0 Å². The fraction of sp³-hybridized carbons (Fsp3) is 0.111. The van der Waals surface area contributed by atoms with Crippen molar-refractivity contribution >= 4 is 23.9 Å². The van der Waals surface area contributed by atoms with Crippen molar-refractivity contribution in [2.75, 3.05) is 0 Å². The number of aliphatic hydroxyl groups is 1. The Balaban J connectivity index is 1.92. The normalized spacial score (nSPS) is 16.4. The number of carbonyl (C=O) groups is 4. The fourth-order valence-electron chi connectivity index (χ4n) is 3.00. The molecule has 4 rings (SSSR count). The minimum absolute atomic E-state index is 0.0412. The van der Waals surface area contributed by atoms with E-state index in [9.17, 15) is 24.3 Å². The van der Waals surface area contributed by atoms with Gasteiger partial charge in [-0.2, -0.15) is 0 Å². The molecule has 2 heterocycles. The molecule has 2 aliphatic rings. The summed E-state index contributed by atoms with van der Waals surface area (Å²) in [6, 6.07) is 7.52.